The van der Waals surface area contributed by atoms with Crippen LogP contribution in [0.2, 0.25) is 0 Å². The SMILES string of the molecule is ClC1=C(Cl)C2(Cl)[C@H]3[C@H]4O[C@H]4[C@H](Cl)[C@H]3C1(Cl)C2(Cl)Cl. The molecule has 1 heterocycles. The highest BCUT2D eigenvalue weighted by Gasteiger charge is 2.89. The van der Waals surface area contributed by atoms with Crippen LogP contribution in [0.5, 0.6) is 0 Å². The number of halogens is 7. The van der Waals surface area contributed by atoms with Crippen molar-refractivity contribution >= 4 is 81.2 Å². The van der Waals surface area contributed by atoms with Crippen molar-refractivity contribution in [3.8, 4) is 0 Å². The van der Waals surface area contributed by atoms with Gasteiger partial charge in [0.05, 0.1) is 21.5 Å². The first-order valence-corrected chi connectivity index (χ1v) is 8.02. The van der Waals surface area contributed by atoms with Gasteiger partial charge in [0.15, 0.2) is 4.33 Å². The molecule has 2 bridgehead atoms. The van der Waals surface area contributed by atoms with Gasteiger partial charge in [-0.3, -0.25) is 0 Å². The highest BCUT2D eigenvalue weighted by Crippen LogP contribution is 2.81. The van der Waals surface area contributed by atoms with Crippen LogP contribution in [0.15, 0.2) is 10.1 Å². The van der Waals surface area contributed by atoms with Crippen LogP contribution < -0.4 is 0 Å². The number of hydrogen-bond acceptors (Lipinski definition) is 1. The van der Waals surface area contributed by atoms with E-state index in [1.807, 2.05) is 0 Å². The lowest BCUT2D eigenvalue weighted by atomic mass is 9.83. The Hall–Kier alpha value is 1.73. The van der Waals surface area contributed by atoms with E-state index >= 15 is 0 Å². The number of hydrogen-bond donors (Lipinski definition) is 0. The Morgan fingerprint density at radius 1 is 0.833 bits per heavy atom. The molecule has 8 heteroatoms. The summed E-state index contributed by atoms with van der Waals surface area (Å²) in [5, 5.41) is 0.111. The Kier molecular flexibility index (Phi) is 2.52. The first kappa shape index (κ1) is 13.4. The largest absolute Gasteiger partial charge is 0.368 e. The van der Waals surface area contributed by atoms with Gasteiger partial charge in [-0.15, -0.1) is 34.8 Å². The zero-order chi connectivity index (χ0) is 13.2. The number of ether oxygens (including phenoxy) is 1. The van der Waals surface area contributed by atoms with Crippen molar-refractivity contribution in [3.63, 3.8) is 0 Å². The fraction of sp³-hybridized carbons (Fsp3) is 0.800. The molecule has 0 radical (unpaired) electrons. The summed E-state index contributed by atoms with van der Waals surface area (Å²) in [6.45, 7) is 0. The van der Waals surface area contributed by atoms with Gasteiger partial charge in [-0.05, 0) is 0 Å². The summed E-state index contributed by atoms with van der Waals surface area (Å²) in [5.41, 5.74) is 0. The lowest BCUT2D eigenvalue weighted by molar-refractivity contribution is 0.204. The third-order valence-electron chi connectivity index (χ3n) is 4.62. The van der Waals surface area contributed by atoms with Crippen molar-refractivity contribution < 1.29 is 4.74 Å². The first-order chi connectivity index (χ1) is 8.20. The molecule has 3 aliphatic carbocycles. The summed E-state index contributed by atoms with van der Waals surface area (Å²) in [4.78, 5) is -2.48. The Morgan fingerprint density at radius 3 is 1.89 bits per heavy atom. The molecule has 100 valence electrons. The number of alkyl halides is 5. The van der Waals surface area contributed by atoms with Gasteiger partial charge < -0.3 is 4.74 Å². The average Bonchev–Trinajstić information content (AvgIpc) is 2.98. The van der Waals surface area contributed by atoms with Crippen molar-refractivity contribution in [1.29, 1.82) is 0 Å². The highest BCUT2D eigenvalue weighted by molar-refractivity contribution is 6.66. The van der Waals surface area contributed by atoms with Crippen LogP contribution in [0.25, 0.3) is 0 Å². The molecule has 3 fully saturated rings. The zero-order valence-corrected chi connectivity index (χ0v) is 13.7. The van der Waals surface area contributed by atoms with Crippen LogP contribution in [0.4, 0.5) is 0 Å². The molecular weight excluding hydrogens is 384 g/mol. The second-order valence-corrected chi connectivity index (χ2v) is 8.97. The molecule has 7 atom stereocenters. The molecule has 2 unspecified atom stereocenters. The summed E-state index contributed by atoms with van der Waals surface area (Å²) in [7, 11) is 0. The van der Waals surface area contributed by atoms with E-state index in [1.165, 1.54) is 0 Å². The highest BCUT2D eigenvalue weighted by atomic mass is 35.5. The molecule has 0 spiro atoms. The van der Waals surface area contributed by atoms with E-state index in [4.69, 9.17) is 85.9 Å². The van der Waals surface area contributed by atoms with Crippen LogP contribution in [0.3, 0.4) is 0 Å². The molecule has 0 aromatic carbocycles. The zero-order valence-electron chi connectivity index (χ0n) is 8.44. The average molecular weight is 389 g/mol. The fourth-order valence-corrected chi connectivity index (χ4v) is 7.49. The van der Waals surface area contributed by atoms with Crippen molar-refractivity contribution in [3.05, 3.63) is 10.1 Å². The van der Waals surface area contributed by atoms with E-state index in [-0.39, 0.29) is 39.5 Å². The fourth-order valence-electron chi connectivity index (χ4n) is 3.80. The van der Waals surface area contributed by atoms with Crippen molar-refractivity contribution in [2.45, 2.75) is 31.7 Å². The molecule has 1 aliphatic heterocycles. The molecule has 0 amide bonds. The molecule has 0 N–H and O–H groups in total. The summed E-state index contributed by atoms with van der Waals surface area (Å²) in [5.74, 6) is -0.457. The van der Waals surface area contributed by atoms with E-state index in [9.17, 15) is 0 Å². The minimum absolute atomic E-state index is 0.0608. The Balaban J connectivity index is 2.01. The lowest BCUT2D eigenvalue weighted by Crippen LogP contribution is -2.46. The van der Waals surface area contributed by atoms with Crippen molar-refractivity contribution in [1.82, 2.24) is 0 Å². The maximum absolute atomic E-state index is 6.65. The molecule has 4 rings (SSSR count). The third-order valence-corrected chi connectivity index (χ3v) is 9.44. The van der Waals surface area contributed by atoms with E-state index in [1.54, 1.807) is 0 Å². The molecule has 1 saturated heterocycles. The molecule has 1 nitrogen and oxygen atoms in total. The first-order valence-electron chi connectivity index (χ1n) is 5.32. The maximum Gasteiger partial charge on any atom is 0.166 e. The summed E-state index contributed by atoms with van der Waals surface area (Å²) < 4.78 is 4.00. The smallest absolute Gasteiger partial charge is 0.166 e. The summed E-state index contributed by atoms with van der Waals surface area (Å²) in [6.07, 6.45) is -0.152. The van der Waals surface area contributed by atoms with Gasteiger partial charge in [-0.2, -0.15) is 0 Å². The molecule has 0 aromatic heterocycles. The number of fused-ring (bicyclic) bond motifs is 7. The molecule has 0 aromatic rings. The standard InChI is InChI=1S/C10H5Cl7O/c11-3-1-2(4-5(3)18-4)9(15)7(13)6(12)8(1,14)10(9,16)17/h1-5H/t1-,2+,3+,4+,5-,8?,9?/m0/s1. The topological polar surface area (TPSA) is 12.5 Å². The van der Waals surface area contributed by atoms with Crippen LogP contribution in [-0.2, 0) is 4.74 Å². The molecular formula is C10H5Cl7O. The lowest BCUT2D eigenvalue weighted by Gasteiger charge is -2.35. The minimum Gasteiger partial charge on any atom is -0.368 e. The predicted molar refractivity (Wildman–Crippen MR) is 75.6 cm³/mol. The van der Waals surface area contributed by atoms with E-state index < -0.39 is 14.1 Å². The molecule has 18 heavy (non-hydrogen) atoms. The van der Waals surface area contributed by atoms with Gasteiger partial charge in [0.2, 0.25) is 0 Å². The summed E-state index contributed by atoms with van der Waals surface area (Å²) in [6, 6.07) is 0. The van der Waals surface area contributed by atoms with Crippen molar-refractivity contribution in [2.75, 3.05) is 0 Å². The van der Waals surface area contributed by atoms with E-state index in [0.29, 0.717) is 0 Å². The number of rotatable bonds is 0. The summed E-state index contributed by atoms with van der Waals surface area (Å²) >= 11 is 45.0. The van der Waals surface area contributed by atoms with E-state index in [0.717, 1.165) is 0 Å². The molecule has 4 aliphatic rings. The van der Waals surface area contributed by atoms with Crippen LogP contribution in [-0.4, -0.2) is 31.7 Å². The number of allylic oxidation sites excluding steroid dienone is 2. The van der Waals surface area contributed by atoms with Gasteiger partial charge >= 0.3 is 0 Å². The monoisotopic (exact) mass is 386 g/mol. The van der Waals surface area contributed by atoms with Crippen molar-refractivity contribution in [2.24, 2.45) is 11.8 Å². The van der Waals surface area contributed by atoms with Gasteiger partial charge in [0, 0.05) is 11.8 Å². The Morgan fingerprint density at radius 2 is 1.33 bits per heavy atom. The normalized spacial score (nSPS) is 63.2. The molecule has 2 saturated carbocycles. The van der Waals surface area contributed by atoms with Crippen LogP contribution in [0, 0.1) is 11.8 Å². The van der Waals surface area contributed by atoms with E-state index in [2.05, 4.69) is 0 Å². The second-order valence-electron chi connectivity index (χ2n) is 5.19. The van der Waals surface area contributed by atoms with Gasteiger partial charge in [-0.1, -0.05) is 46.4 Å². The maximum atomic E-state index is 6.65. The second kappa shape index (κ2) is 3.38. The van der Waals surface area contributed by atoms with Gasteiger partial charge in [0.25, 0.3) is 0 Å². The quantitative estimate of drug-likeness (QED) is 0.441. The van der Waals surface area contributed by atoms with Gasteiger partial charge in [-0.25, -0.2) is 0 Å². The number of epoxide rings is 1. The van der Waals surface area contributed by atoms with Crippen LogP contribution in [0.1, 0.15) is 0 Å². The Labute approximate surface area is 139 Å². The minimum atomic E-state index is -1.50. The predicted octanol–water partition coefficient (Wildman–Crippen LogP) is 4.45. The third kappa shape index (κ3) is 1.02. The van der Waals surface area contributed by atoms with Gasteiger partial charge in [0.1, 0.15) is 15.9 Å². The van der Waals surface area contributed by atoms with Crippen LogP contribution >= 0.6 is 81.2 Å². The Bertz CT molecular complexity index is 476.